The van der Waals surface area contributed by atoms with E-state index in [1.807, 2.05) is 31.7 Å². The van der Waals surface area contributed by atoms with Gasteiger partial charge < -0.3 is 14.8 Å². The van der Waals surface area contributed by atoms with Gasteiger partial charge in [-0.2, -0.15) is 0 Å². The maximum atomic E-state index is 12.8. The predicted octanol–water partition coefficient (Wildman–Crippen LogP) is 2.67. The molecule has 0 saturated carbocycles. The molecule has 2 rings (SSSR count). The number of nitrogens with zero attached hydrogens (tertiary/aromatic N) is 2. The highest BCUT2D eigenvalue weighted by Gasteiger charge is 2.29. The fourth-order valence-electron chi connectivity index (χ4n) is 3.62. The summed E-state index contributed by atoms with van der Waals surface area (Å²) in [5.41, 5.74) is 2.96. The average Bonchev–Trinajstić information content (AvgIpc) is 2.81. The lowest BCUT2D eigenvalue weighted by molar-refractivity contribution is -0.126. The van der Waals surface area contributed by atoms with Crippen LogP contribution in [0.25, 0.3) is 0 Å². The van der Waals surface area contributed by atoms with Crippen LogP contribution in [0.2, 0.25) is 0 Å². The Morgan fingerprint density at radius 2 is 1.87 bits per heavy atom. The van der Waals surface area contributed by atoms with E-state index in [1.54, 1.807) is 0 Å². The first-order valence-corrected chi connectivity index (χ1v) is 8.62. The SMILES string of the molecule is CCNC(=O)C1CCN(C(=O)c2cc(C)n(C(C)C)c2C)CC1. The number of likely N-dealkylation sites (tertiary alicyclic amines) is 1. The standard InChI is InChI=1S/C18H29N3O2/c1-6-19-17(22)15-7-9-20(10-8-15)18(23)16-11-13(4)21(12(2)3)14(16)5/h11-12,15H,6-10H2,1-5H3,(H,19,22). The van der Waals surface area contributed by atoms with Gasteiger partial charge in [0.2, 0.25) is 5.91 Å². The fraction of sp³-hybridized carbons (Fsp3) is 0.667. The van der Waals surface area contributed by atoms with E-state index >= 15 is 0 Å². The molecular formula is C18H29N3O2. The molecule has 0 aromatic carbocycles. The predicted molar refractivity (Wildman–Crippen MR) is 91.6 cm³/mol. The molecular weight excluding hydrogens is 290 g/mol. The van der Waals surface area contributed by atoms with Gasteiger partial charge in [0.1, 0.15) is 0 Å². The molecule has 1 aromatic rings. The zero-order valence-electron chi connectivity index (χ0n) is 15.0. The Hall–Kier alpha value is -1.78. The number of amides is 2. The maximum Gasteiger partial charge on any atom is 0.255 e. The van der Waals surface area contributed by atoms with Gasteiger partial charge in [0, 0.05) is 43.0 Å². The first kappa shape index (κ1) is 17.6. The molecule has 1 aromatic heterocycles. The molecule has 0 aliphatic carbocycles. The third-order valence-electron chi connectivity index (χ3n) is 4.74. The van der Waals surface area contributed by atoms with Crippen LogP contribution in [0.4, 0.5) is 0 Å². The van der Waals surface area contributed by atoms with Crippen LogP contribution in [-0.2, 0) is 4.79 Å². The molecule has 1 aliphatic heterocycles. The molecule has 2 amide bonds. The summed E-state index contributed by atoms with van der Waals surface area (Å²) in [6, 6.07) is 2.34. The van der Waals surface area contributed by atoms with Crippen LogP contribution < -0.4 is 5.32 Å². The van der Waals surface area contributed by atoms with Crippen molar-refractivity contribution in [3.8, 4) is 0 Å². The van der Waals surface area contributed by atoms with E-state index in [1.165, 1.54) is 0 Å². The maximum absolute atomic E-state index is 12.8. The molecule has 1 saturated heterocycles. The van der Waals surface area contributed by atoms with Gasteiger partial charge in [-0.15, -0.1) is 0 Å². The number of hydrogen-bond donors (Lipinski definition) is 1. The van der Waals surface area contributed by atoms with Gasteiger partial charge in [0.05, 0.1) is 5.56 Å². The van der Waals surface area contributed by atoms with Crippen LogP contribution in [0.1, 0.15) is 61.4 Å². The highest BCUT2D eigenvalue weighted by atomic mass is 16.2. The molecule has 5 heteroatoms. The lowest BCUT2D eigenvalue weighted by Gasteiger charge is -2.31. The summed E-state index contributed by atoms with van der Waals surface area (Å²) in [7, 11) is 0. The average molecular weight is 319 g/mol. The quantitative estimate of drug-likeness (QED) is 0.927. The summed E-state index contributed by atoms with van der Waals surface area (Å²) in [5, 5.41) is 2.88. The first-order valence-electron chi connectivity index (χ1n) is 8.62. The number of hydrogen-bond acceptors (Lipinski definition) is 2. The Labute approximate surface area is 139 Å². The van der Waals surface area contributed by atoms with Gasteiger partial charge in [-0.05, 0) is 53.5 Å². The van der Waals surface area contributed by atoms with Crippen molar-refractivity contribution in [2.24, 2.45) is 5.92 Å². The monoisotopic (exact) mass is 319 g/mol. The minimum Gasteiger partial charge on any atom is -0.356 e. The molecule has 1 aliphatic rings. The van der Waals surface area contributed by atoms with Crippen LogP contribution in [0.5, 0.6) is 0 Å². The van der Waals surface area contributed by atoms with Crippen molar-refractivity contribution in [3.05, 3.63) is 23.0 Å². The molecule has 5 nitrogen and oxygen atoms in total. The second-order valence-electron chi connectivity index (χ2n) is 6.71. The minimum absolute atomic E-state index is 0.0436. The van der Waals surface area contributed by atoms with Gasteiger partial charge in [0.25, 0.3) is 5.91 Å². The lowest BCUT2D eigenvalue weighted by atomic mass is 9.95. The van der Waals surface area contributed by atoms with Crippen LogP contribution in [-0.4, -0.2) is 40.9 Å². The Bertz CT molecular complexity index is 581. The molecule has 23 heavy (non-hydrogen) atoms. The smallest absolute Gasteiger partial charge is 0.255 e. The molecule has 1 fully saturated rings. The van der Waals surface area contributed by atoms with Crippen molar-refractivity contribution < 1.29 is 9.59 Å². The van der Waals surface area contributed by atoms with E-state index in [0.29, 0.717) is 25.7 Å². The van der Waals surface area contributed by atoms with Gasteiger partial charge in [0.15, 0.2) is 0 Å². The molecule has 0 unspecified atom stereocenters. The van der Waals surface area contributed by atoms with E-state index in [2.05, 4.69) is 23.7 Å². The number of piperidine rings is 1. The second-order valence-corrected chi connectivity index (χ2v) is 6.71. The number of rotatable bonds is 4. The van der Waals surface area contributed by atoms with Crippen molar-refractivity contribution in [1.82, 2.24) is 14.8 Å². The fourth-order valence-corrected chi connectivity index (χ4v) is 3.62. The molecule has 0 spiro atoms. The van der Waals surface area contributed by atoms with E-state index in [4.69, 9.17) is 0 Å². The summed E-state index contributed by atoms with van der Waals surface area (Å²) in [5.74, 6) is 0.263. The van der Waals surface area contributed by atoms with Crippen molar-refractivity contribution in [3.63, 3.8) is 0 Å². The largest absolute Gasteiger partial charge is 0.356 e. The number of carbonyl (C=O) groups is 2. The number of carbonyl (C=O) groups excluding carboxylic acids is 2. The highest BCUT2D eigenvalue weighted by Crippen LogP contribution is 2.24. The molecule has 0 bridgehead atoms. The third-order valence-corrected chi connectivity index (χ3v) is 4.74. The molecule has 128 valence electrons. The van der Waals surface area contributed by atoms with Gasteiger partial charge in [-0.1, -0.05) is 0 Å². The second kappa shape index (κ2) is 7.20. The molecule has 0 atom stereocenters. The summed E-state index contributed by atoms with van der Waals surface area (Å²) in [6.07, 6.45) is 1.50. The summed E-state index contributed by atoms with van der Waals surface area (Å²) in [4.78, 5) is 26.6. The van der Waals surface area contributed by atoms with E-state index in [9.17, 15) is 9.59 Å². The van der Waals surface area contributed by atoms with E-state index < -0.39 is 0 Å². The van der Waals surface area contributed by atoms with Crippen molar-refractivity contribution in [2.45, 2.75) is 53.5 Å². The Morgan fingerprint density at radius 3 is 2.35 bits per heavy atom. The van der Waals surface area contributed by atoms with E-state index in [0.717, 1.165) is 29.8 Å². The normalized spacial score (nSPS) is 16.0. The van der Waals surface area contributed by atoms with Crippen molar-refractivity contribution in [1.29, 1.82) is 0 Å². The molecule has 1 N–H and O–H groups in total. The number of nitrogens with one attached hydrogen (secondary N) is 1. The van der Waals surface area contributed by atoms with Gasteiger partial charge in [-0.25, -0.2) is 0 Å². The zero-order valence-corrected chi connectivity index (χ0v) is 15.0. The van der Waals surface area contributed by atoms with Crippen LogP contribution in [0, 0.1) is 19.8 Å². The van der Waals surface area contributed by atoms with Crippen LogP contribution in [0.15, 0.2) is 6.07 Å². The van der Waals surface area contributed by atoms with Crippen LogP contribution in [0.3, 0.4) is 0 Å². The first-order chi connectivity index (χ1) is 10.9. The lowest BCUT2D eigenvalue weighted by Crippen LogP contribution is -2.43. The number of aryl methyl sites for hydroxylation is 1. The van der Waals surface area contributed by atoms with Crippen molar-refractivity contribution >= 4 is 11.8 Å². The van der Waals surface area contributed by atoms with E-state index in [-0.39, 0.29) is 17.7 Å². The Morgan fingerprint density at radius 1 is 1.26 bits per heavy atom. The Kier molecular flexibility index (Phi) is 5.50. The molecule has 0 radical (unpaired) electrons. The summed E-state index contributed by atoms with van der Waals surface area (Å²) >= 11 is 0. The minimum atomic E-state index is 0.0436. The van der Waals surface area contributed by atoms with Crippen LogP contribution >= 0.6 is 0 Å². The summed E-state index contributed by atoms with van der Waals surface area (Å²) < 4.78 is 2.20. The number of aromatic nitrogens is 1. The van der Waals surface area contributed by atoms with Crippen molar-refractivity contribution in [2.75, 3.05) is 19.6 Å². The topological polar surface area (TPSA) is 54.3 Å². The Balaban J connectivity index is 2.06. The van der Waals surface area contributed by atoms with Gasteiger partial charge >= 0.3 is 0 Å². The third kappa shape index (κ3) is 3.59. The summed E-state index contributed by atoms with van der Waals surface area (Å²) in [6.45, 7) is 12.2. The van der Waals surface area contributed by atoms with Gasteiger partial charge in [-0.3, -0.25) is 9.59 Å². The molecule has 2 heterocycles. The highest BCUT2D eigenvalue weighted by molar-refractivity contribution is 5.96. The zero-order chi connectivity index (χ0) is 17.1.